The topological polar surface area (TPSA) is 46.2 Å². The van der Waals surface area contributed by atoms with Gasteiger partial charge in [-0.2, -0.15) is 0 Å². The number of aldehydes is 1. The van der Waals surface area contributed by atoms with Gasteiger partial charge < -0.3 is 5.32 Å². The number of carbonyl (C=O) groups excluding carboxylic acids is 2. The van der Waals surface area contributed by atoms with Crippen LogP contribution >= 0.6 is 11.6 Å². The van der Waals surface area contributed by atoms with Gasteiger partial charge in [0.15, 0.2) is 0 Å². The van der Waals surface area contributed by atoms with Crippen LogP contribution in [0.25, 0.3) is 0 Å². The summed E-state index contributed by atoms with van der Waals surface area (Å²) in [7, 11) is 0. The van der Waals surface area contributed by atoms with E-state index in [1.165, 1.54) is 24.3 Å². The van der Waals surface area contributed by atoms with E-state index in [2.05, 4.69) is 5.32 Å². The number of nitrogens with one attached hydrogen (secondary N) is 1. The van der Waals surface area contributed by atoms with E-state index in [0.29, 0.717) is 17.5 Å². The molecule has 19 heavy (non-hydrogen) atoms. The van der Waals surface area contributed by atoms with Gasteiger partial charge in [-0.3, -0.25) is 9.59 Å². The number of hydrogen-bond acceptors (Lipinski definition) is 2. The van der Waals surface area contributed by atoms with Crippen molar-refractivity contribution in [1.29, 1.82) is 0 Å². The molecule has 0 unspecified atom stereocenters. The molecule has 0 spiro atoms. The molecule has 0 aliphatic carbocycles. The third kappa shape index (κ3) is 2.98. The largest absolute Gasteiger partial charge is 0.322 e. The molecule has 1 N–H and O–H groups in total. The molecule has 2 aromatic rings. The Balaban J connectivity index is 2.25. The second-order valence-corrected chi connectivity index (χ2v) is 4.18. The summed E-state index contributed by atoms with van der Waals surface area (Å²) >= 11 is 5.72. The molecule has 0 saturated heterocycles. The Hall–Kier alpha value is -2.20. The Morgan fingerprint density at radius 1 is 1.21 bits per heavy atom. The van der Waals surface area contributed by atoms with Gasteiger partial charge in [-0.15, -0.1) is 0 Å². The summed E-state index contributed by atoms with van der Waals surface area (Å²) in [5.74, 6) is -1.19. The maximum absolute atomic E-state index is 13.2. The van der Waals surface area contributed by atoms with E-state index >= 15 is 0 Å². The number of anilines is 1. The van der Waals surface area contributed by atoms with Crippen LogP contribution in [0.5, 0.6) is 0 Å². The van der Waals surface area contributed by atoms with E-state index in [-0.39, 0.29) is 10.6 Å². The molecule has 0 aliphatic rings. The van der Waals surface area contributed by atoms with E-state index in [9.17, 15) is 14.0 Å². The molecule has 0 atom stereocenters. The molecule has 5 heteroatoms. The fourth-order valence-electron chi connectivity index (χ4n) is 1.57. The first-order chi connectivity index (χ1) is 9.11. The molecule has 0 aromatic heterocycles. The highest BCUT2D eigenvalue weighted by molar-refractivity contribution is 6.34. The number of halogens is 2. The number of carbonyl (C=O) groups is 2. The van der Waals surface area contributed by atoms with Crippen molar-refractivity contribution in [3.63, 3.8) is 0 Å². The van der Waals surface area contributed by atoms with Crippen molar-refractivity contribution >= 4 is 29.5 Å². The second kappa shape index (κ2) is 5.63. The Morgan fingerprint density at radius 3 is 2.68 bits per heavy atom. The molecule has 0 aliphatic heterocycles. The van der Waals surface area contributed by atoms with Crippen LogP contribution < -0.4 is 5.32 Å². The Labute approximate surface area is 114 Å². The first kappa shape index (κ1) is 13.2. The molecule has 0 fully saturated rings. The van der Waals surface area contributed by atoms with Gasteiger partial charge in [0.2, 0.25) is 0 Å². The van der Waals surface area contributed by atoms with Crippen LogP contribution in [0.2, 0.25) is 5.02 Å². The molecule has 0 bridgehead atoms. The molecular formula is C14H9ClFNO2. The van der Waals surface area contributed by atoms with E-state index in [4.69, 9.17) is 11.6 Å². The minimum Gasteiger partial charge on any atom is -0.322 e. The van der Waals surface area contributed by atoms with Crippen LogP contribution in [0.15, 0.2) is 42.5 Å². The summed E-state index contributed by atoms with van der Waals surface area (Å²) in [5.41, 5.74) is 0.913. The van der Waals surface area contributed by atoms with Gasteiger partial charge in [0.1, 0.15) is 12.1 Å². The predicted molar refractivity (Wildman–Crippen MR) is 71.2 cm³/mol. The second-order valence-electron chi connectivity index (χ2n) is 3.80. The number of rotatable bonds is 3. The van der Waals surface area contributed by atoms with Gasteiger partial charge in [-0.1, -0.05) is 29.8 Å². The molecule has 0 radical (unpaired) electrons. The lowest BCUT2D eigenvalue weighted by Gasteiger charge is -2.07. The highest BCUT2D eigenvalue weighted by Crippen LogP contribution is 2.21. The number of hydrogen-bond donors (Lipinski definition) is 1. The van der Waals surface area contributed by atoms with Gasteiger partial charge in [-0.25, -0.2) is 4.39 Å². The molecule has 3 nitrogen and oxygen atoms in total. The van der Waals surface area contributed by atoms with Crippen molar-refractivity contribution in [2.75, 3.05) is 5.32 Å². The number of benzene rings is 2. The average Bonchev–Trinajstić information content (AvgIpc) is 2.42. The Bertz CT molecular complexity index is 643. The van der Waals surface area contributed by atoms with E-state index in [1.54, 1.807) is 18.2 Å². The summed E-state index contributed by atoms with van der Waals surface area (Å²) in [6, 6.07) is 10.4. The van der Waals surface area contributed by atoms with E-state index in [0.717, 1.165) is 0 Å². The summed E-state index contributed by atoms with van der Waals surface area (Å²) in [6.45, 7) is 0. The van der Waals surface area contributed by atoms with Gasteiger partial charge in [0.05, 0.1) is 10.6 Å². The maximum atomic E-state index is 13.2. The quantitative estimate of drug-likeness (QED) is 0.872. The van der Waals surface area contributed by atoms with Crippen LogP contribution in [0.1, 0.15) is 20.7 Å². The molecule has 96 valence electrons. The van der Waals surface area contributed by atoms with Crippen LogP contribution in [0.3, 0.4) is 0 Å². The van der Waals surface area contributed by atoms with Gasteiger partial charge in [-0.05, 0) is 24.3 Å². The predicted octanol–water partition coefficient (Wildman–Crippen LogP) is 3.54. The third-order valence-corrected chi connectivity index (χ3v) is 2.86. The zero-order chi connectivity index (χ0) is 13.8. The first-order valence-electron chi connectivity index (χ1n) is 5.42. The third-order valence-electron chi connectivity index (χ3n) is 2.48. The molecule has 1 amide bonds. The lowest BCUT2D eigenvalue weighted by atomic mass is 10.2. The van der Waals surface area contributed by atoms with Crippen LogP contribution in [-0.4, -0.2) is 12.2 Å². The lowest BCUT2D eigenvalue weighted by Crippen LogP contribution is -2.13. The fourth-order valence-corrected chi connectivity index (χ4v) is 1.78. The van der Waals surface area contributed by atoms with Gasteiger partial charge >= 0.3 is 0 Å². The van der Waals surface area contributed by atoms with Crippen molar-refractivity contribution in [3.05, 3.63) is 64.4 Å². The van der Waals surface area contributed by atoms with Crippen molar-refractivity contribution < 1.29 is 14.0 Å². The van der Waals surface area contributed by atoms with Crippen molar-refractivity contribution in [2.24, 2.45) is 0 Å². The SMILES string of the molecule is O=Cc1cccc(NC(=O)c2cccc(F)c2Cl)c1. The van der Waals surface area contributed by atoms with E-state index in [1.807, 2.05) is 0 Å². The maximum Gasteiger partial charge on any atom is 0.257 e. The minimum atomic E-state index is -0.657. The molecule has 2 rings (SSSR count). The van der Waals surface area contributed by atoms with Gasteiger partial charge in [0, 0.05) is 11.3 Å². The minimum absolute atomic E-state index is 0.0400. The van der Waals surface area contributed by atoms with Crippen molar-refractivity contribution in [3.8, 4) is 0 Å². The molecule has 2 aromatic carbocycles. The lowest BCUT2D eigenvalue weighted by molar-refractivity contribution is 0.102. The van der Waals surface area contributed by atoms with Crippen LogP contribution in [-0.2, 0) is 0 Å². The summed E-state index contributed by atoms with van der Waals surface area (Å²) < 4.78 is 13.2. The smallest absolute Gasteiger partial charge is 0.257 e. The van der Waals surface area contributed by atoms with Crippen molar-refractivity contribution in [1.82, 2.24) is 0 Å². The Kier molecular flexibility index (Phi) is 3.92. The Morgan fingerprint density at radius 2 is 1.95 bits per heavy atom. The summed E-state index contributed by atoms with van der Waals surface area (Å²) in [5, 5.41) is 2.32. The fraction of sp³-hybridized carbons (Fsp3) is 0. The molecular weight excluding hydrogens is 269 g/mol. The zero-order valence-electron chi connectivity index (χ0n) is 9.69. The molecule has 0 heterocycles. The van der Waals surface area contributed by atoms with Gasteiger partial charge in [0.25, 0.3) is 5.91 Å². The summed E-state index contributed by atoms with van der Waals surface area (Å²) in [6.07, 6.45) is 0.671. The highest BCUT2D eigenvalue weighted by Gasteiger charge is 2.13. The monoisotopic (exact) mass is 277 g/mol. The standard InChI is InChI=1S/C14H9ClFNO2/c15-13-11(5-2-6-12(13)16)14(19)17-10-4-1-3-9(7-10)8-18/h1-8H,(H,17,19). The average molecular weight is 278 g/mol. The number of amides is 1. The first-order valence-corrected chi connectivity index (χ1v) is 5.80. The normalized spacial score (nSPS) is 10.0. The van der Waals surface area contributed by atoms with Crippen LogP contribution in [0, 0.1) is 5.82 Å². The molecule has 0 saturated carbocycles. The van der Waals surface area contributed by atoms with Crippen molar-refractivity contribution in [2.45, 2.75) is 0 Å². The summed E-state index contributed by atoms with van der Waals surface area (Å²) in [4.78, 5) is 22.6. The van der Waals surface area contributed by atoms with Crippen LogP contribution in [0.4, 0.5) is 10.1 Å². The highest BCUT2D eigenvalue weighted by atomic mass is 35.5. The van der Waals surface area contributed by atoms with E-state index < -0.39 is 11.7 Å². The zero-order valence-corrected chi connectivity index (χ0v) is 10.4.